The van der Waals surface area contributed by atoms with Gasteiger partial charge in [0.15, 0.2) is 0 Å². The molecule has 4 heterocycles. The molecule has 6 heteroatoms. The molecule has 0 unspecified atom stereocenters. The van der Waals surface area contributed by atoms with Gasteiger partial charge in [-0.15, -0.1) is 0 Å². The molecular formula is C20H26N4O2. The lowest BCUT2D eigenvalue weighted by Gasteiger charge is -2.32. The van der Waals surface area contributed by atoms with E-state index in [1.165, 1.54) is 0 Å². The molecule has 0 saturated carbocycles. The zero-order valence-electron chi connectivity index (χ0n) is 15.7. The first kappa shape index (κ1) is 17.1. The number of benzene rings is 1. The number of piperidine rings is 1. The zero-order valence-corrected chi connectivity index (χ0v) is 15.7. The summed E-state index contributed by atoms with van der Waals surface area (Å²) >= 11 is 0. The Labute approximate surface area is 153 Å². The molecule has 3 saturated heterocycles. The molecule has 0 radical (unpaired) electrons. The second-order valence-electron chi connectivity index (χ2n) is 7.61. The van der Waals surface area contributed by atoms with Gasteiger partial charge in [0.2, 0.25) is 5.91 Å². The molecule has 1 aromatic carbocycles. The van der Waals surface area contributed by atoms with E-state index in [4.69, 9.17) is 0 Å². The second-order valence-corrected chi connectivity index (χ2v) is 7.61. The van der Waals surface area contributed by atoms with E-state index in [9.17, 15) is 9.59 Å². The van der Waals surface area contributed by atoms with Gasteiger partial charge in [0.05, 0.1) is 17.2 Å². The van der Waals surface area contributed by atoms with Crippen LogP contribution in [0.3, 0.4) is 0 Å². The summed E-state index contributed by atoms with van der Waals surface area (Å²) in [4.78, 5) is 29.7. The van der Waals surface area contributed by atoms with Crippen LogP contribution in [0.25, 0.3) is 5.69 Å². The van der Waals surface area contributed by atoms with E-state index in [-0.39, 0.29) is 23.4 Å². The normalized spacial score (nSPS) is 23.5. The van der Waals surface area contributed by atoms with E-state index >= 15 is 0 Å². The van der Waals surface area contributed by atoms with Gasteiger partial charge in [0, 0.05) is 45.5 Å². The molecule has 5 rings (SSSR count). The molecule has 0 N–H and O–H groups in total. The summed E-state index contributed by atoms with van der Waals surface area (Å²) in [5.41, 5.74) is 2.72. The van der Waals surface area contributed by atoms with Crippen LogP contribution in [0.4, 0.5) is 0 Å². The Morgan fingerprint density at radius 2 is 1.77 bits per heavy atom. The summed E-state index contributed by atoms with van der Waals surface area (Å²) in [6.07, 6.45) is 2.03. The predicted molar refractivity (Wildman–Crippen MR) is 100 cm³/mol. The average molecular weight is 354 g/mol. The Morgan fingerprint density at radius 3 is 2.50 bits per heavy atom. The Hall–Kier alpha value is -2.34. The van der Waals surface area contributed by atoms with Crippen LogP contribution in [0, 0.1) is 12.8 Å². The number of fused-ring (bicyclic) bond motifs is 4. The standard InChI is InChI=1S/C20H26N4O2/c1-14-18(20(26)24(22(14)3)16-7-5-4-6-8-16)13-23-11-15-9-10-17(12-23)21(2)19(15)25/h4-8,15,17H,9-13H2,1-3H3/t15-,17+/m0/s1. The lowest BCUT2D eigenvalue weighted by atomic mass is 9.95. The quantitative estimate of drug-likeness (QED) is 0.840. The third-order valence-corrected chi connectivity index (χ3v) is 6.10. The summed E-state index contributed by atoms with van der Waals surface area (Å²) < 4.78 is 3.66. The number of carbonyl (C=O) groups excluding carboxylic acids is 1. The summed E-state index contributed by atoms with van der Waals surface area (Å²) in [5, 5.41) is 0. The Bertz CT molecular complexity index is 883. The summed E-state index contributed by atoms with van der Waals surface area (Å²) in [7, 11) is 3.84. The molecule has 26 heavy (non-hydrogen) atoms. The summed E-state index contributed by atoms with van der Waals surface area (Å²) in [5.74, 6) is 0.328. The van der Waals surface area contributed by atoms with E-state index in [1.54, 1.807) is 4.68 Å². The first-order valence-electron chi connectivity index (χ1n) is 9.29. The highest BCUT2D eigenvalue weighted by Crippen LogP contribution is 2.28. The molecule has 3 aliphatic rings. The van der Waals surface area contributed by atoms with Crippen molar-refractivity contribution < 1.29 is 4.79 Å². The molecule has 3 aliphatic heterocycles. The minimum Gasteiger partial charge on any atom is -0.341 e. The van der Waals surface area contributed by atoms with Gasteiger partial charge in [-0.05, 0) is 31.9 Å². The fourth-order valence-electron chi connectivity index (χ4n) is 4.40. The zero-order chi connectivity index (χ0) is 18.4. The second kappa shape index (κ2) is 6.43. The van der Waals surface area contributed by atoms with Crippen LogP contribution in [0.1, 0.15) is 24.1 Å². The molecule has 2 bridgehead atoms. The fourth-order valence-corrected chi connectivity index (χ4v) is 4.40. The molecule has 1 amide bonds. The first-order chi connectivity index (χ1) is 12.5. The molecule has 3 fully saturated rings. The first-order valence-corrected chi connectivity index (χ1v) is 9.29. The lowest BCUT2D eigenvalue weighted by Crippen LogP contribution is -2.45. The fraction of sp³-hybridized carbons (Fsp3) is 0.500. The molecule has 1 aromatic heterocycles. The van der Waals surface area contributed by atoms with Gasteiger partial charge in [-0.1, -0.05) is 18.2 Å². The highest BCUT2D eigenvalue weighted by molar-refractivity contribution is 5.80. The number of rotatable bonds is 3. The van der Waals surface area contributed by atoms with E-state index in [2.05, 4.69) is 4.90 Å². The number of amides is 1. The third kappa shape index (κ3) is 2.69. The molecule has 0 aliphatic carbocycles. The van der Waals surface area contributed by atoms with Crippen molar-refractivity contribution in [1.29, 1.82) is 0 Å². The van der Waals surface area contributed by atoms with E-state index in [0.717, 1.165) is 42.9 Å². The van der Waals surface area contributed by atoms with E-state index in [0.29, 0.717) is 6.54 Å². The van der Waals surface area contributed by atoms with Gasteiger partial charge in [-0.25, -0.2) is 4.68 Å². The maximum atomic E-state index is 13.1. The largest absolute Gasteiger partial charge is 0.341 e. The van der Waals surface area contributed by atoms with Crippen LogP contribution < -0.4 is 5.56 Å². The van der Waals surface area contributed by atoms with Crippen molar-refractivity contribution in [1.82, 2.24) is 19.2 Å². The van der Waals surface area contributed by atoms with E-state index in [1.807, 2.05) is 60.9 Å². The Balaban J connectivity index is 1.66. The van der Waals surface area contributed by atoms with Crippen molar-refractivity contribution in [3.63, 3.8) is 0 Å². The number of hydrogen-bond donors (Lipinski definition) is 0. The Kier molecular flexibility index (Phi) is 4.23. The number of para-hydroxylation sites is 1. The monoisotopic (exact) mass is 354 g/mol. The molecule has 0 spiro atoms. The van der Waals surface area contributed by atoms with Gasteiger partial charge in [0.25, 0.3) is 5.56 Å². The number of hydrogen-bond acceptors (Lipinski definition) is 3. The van der Waals surface area contributed by atoms with E-state index < -0.39 is 0 Å². The molecule has 138 valence electrons. The number of aromatic nitrogens is 2. The van der Waals surface area contributed by atoms with Crippen LogP contribution in [-0.2, 0) is 18.4 Å². The van der Waals surface area contributed by atoms with Crippen molar-refractivity contribution in [2.24, 2.45) is 13.0 Å². The maximum Gasteiger partial charge on any atom is 0.276 e. The topological polar surface area (TPSA) is 50.5 Å². The maximum absolute atomic E-state index is 13.1. The molecular weight excluding hydrogens is 328 g/mol. The van der Waals surface area contributed by atoms with Gasteiger partial charge < -0.3 is 4.90 Å². The summed E-state index contributed by atoms with van der Waals surface area (Å²) in [6, 6.07) is 10.00. The van der Waals surface area contributed by atoms with Gasteiger partial charge in [-0.3, -0.25) is 19.2 Å². The van der Waals surface area contributed by atoms with Crippen molar-refractivity contribution in [2.45, 2.75) is 32.4 Å². The highest BCUT2D eigenvalue weighted by atomic mass is 16.2. The number of likely N-dealkylation sites (N-methyl/N-ethyl adjacent to an activating group) is 1. The van der Waals surface area contributed by atoms with Crippen LogP contribution in [-0.4, -0.2) is 51.2 Å². The van der Waals surface area contributed by atoms with Gasteiger partial charge in [0.1, 0.15) is 0 Å². The van der Waals surface area contributed by atoms with Crippen molar-refractivity contribution in [3.05, 3.63) is 51.9 Å². The van der Waals surface area contributed by atoms with Gasteiger partial charge >= 0.3 is 0 Å². The SMILES string of the molecule is Cc1c(CN2C[C@@H]3CC[C@H](C2)N(C)C3=O)c(=O)n(-c2ccccc2)n1C. The molecule has 6 nitrogen and oxygen atoms in total. The molecule has 2 atom stereocenters. The lowest BCUT2D eigenvalue weighted by molar-refractivity contribution is -0.138. The minimum absolute atomic E-state index is 0.0347. The predicted octanol–water partition coefficient (Wildman–Crippen LogP) is 1.54. The number of carbonyl (C=O) groups is 1. The Morgan fingerprint density at radius 1 is 1.04 bits per heavy atom. The summed E-state index contributed by atoms with van der Waals surface area (Å²) in [6.45, 7) is 4.20. The van der Waals surface area contributed by atoms with Crippen molar-refractivity contribution in [2.75, 3.05) is 20.1 Å². The van der Waals surface area contributed by atoms with Crippen LogP contribution >= 0.6 is 0 Å². The number of nitrogens with zero attached hydrogens (tertiary/aromatic N) is 4. The third-order valence-electron chi connectivity index (χ3n) is 6.10. The smallest absolute Gasteiger partial charge is 0.276 e. The van der Waals surface area contributed by atoms with Crippen LogP contribution in [0.2, 0.25) is 0 Å². The van der Waals surface area contributed by atoms with Gasteiger partial charge in [-0.2, -0.15) is 0 Å². The van der Waals surface area contributed by atoms with Crippen molar-refractivity contribution in [3.8, 4) is 5.69 Å². The molecule has 2 aromatic rings. The highest BCUT2D eigenvalue weighted by Gasteiger charge is 2.39. The average Bonchev–Trinajstić information content (AvgIpc) is 2.82. The van der Waals surface area contributed by atoms with Crippen LogP contribution in [0.5, 0.6) is 0 Å². The van der Waals surface area contributed by atoms with Crippen molar-refractivity contribution >= 4 is 5.91 Å². The van der Waals surface area contributed by atoms with Crippen LogP contribution in [0.15, 0.2) is 35.1 Å². The minimum atomic E-state index is 0.0347.